The molecule has 0 heterocycles. The normalized spacial score (nSPS) is 10.2. The zero-order chi connectivity index (χ0) is 8.27. The summed E-state index contributed by atoms with van der Waals surface area (Å²) in [5, 5.41) is 2.97. The molecule has 1 nitrogen and oxygen atoms in total. The van der Waals surface area contributed by atoms with Gasteiger partial charge < -0.3 is 5.09 Å². The van der Waals surface area contributed by atoms with Crippen LogP contribution in [0.5, 0.6) is 0 Å². The monoisotopic (exact) mass is 207 g/mol. The molecular weight excluding hydrogens is 200 g/mol. The van der Waals surface area contributed by atoms with Crippen LogP contribution in [0.3, 0.4) is 0 Å². The maximum atomic E-state index is 5.60. The van der Waals surface area contributed by atoms with Gasteiger partial charge in [-0.25, -0.2) is 0 Å². The van der Waals surface area contributed by atoms with Crippen LogP contribution in [0, 0.1) is 6.92 Å². The molecule has 0 saturated carbocycles. The van der Waals surface area contributed by atoms with Gasteiger partial charge in [0.05, 0.1) is 0 Å². The van der Waals surface area contributed by atoms with Crippen molar-refractivity contribution in [3.05, 3.63) is 29.8 Å². The number of hydrogen-bond acceptors (Lipinski definition) is 1. The maximum Gasteiger partial charge on any atom is 0.184 e. The third-order valence-corrected chi connectivity index (χ3v) is 2.27. The molecule has 60 valence electrons. The van der Waals surface area contributed by atoms with E-state index < -0.39 is 6.78 Å². The first-order valence-corrected chi connectivity index (χ1v) is 6.29. The molecule has 0 aliphatic carbocycles. The van der Waals surface area contributed by atoms with E-state index in [9.17, 15) is 0 Å². The molecule has 1 aromatic carbocycles. The van der Waals surface area contributed by atoms with Crippen LogP contribution >= 0.6 is 29.3 Å². The van der Waals surface area contributed by atoms with Crippen LogP contribution in [-0.4, -0.2) is 0 Å². The van der Waals surface area contributed by atoms with E-state index in [1.807, 2.05) is 31.2 Å². The van der Waals surface area contributed by atoms with Crippen molar-refractivity contribution in [2.75, 3.05) is 5.09 Å². The van der Waals surface area contributed by atoms with Gasteiger partial charge in [-0.2, -0.15) is 0 Å². The molecule has 0 amide bonds. The second kappa shape index (κ2) is 4.15. The number of rotatable bonds is 2. The van der Waals surface area contributed by atoms with Crippen LogP contribution in [0.4, 0.5) is 5.69 Å². The molecule has 0 saturated heterocycles. The Morgan fingerprint density at radius 1 is 1.27 bits per heavy atom. The number of nitrogens with one attached hydrogen (secondary N) is 1. The standard InChI is InChI=1S/C7H8Cl2NP/c1-6-4-2-3-5-7(6)10-11(8)9/h2-5,10H,1H3. The number of para-hydroxylation sites is 1. The highest BCUT2D eigenvalue weighted by atomic mass is 35.9. The zero-order valence-corrected chi connectivity index (χ0v) is 8.42. The predicted octanol–water partition coefficient (Wildman–Crippen LogP) is 4.11. The largest absolute Gasteiger partial charge is 0.340 e. The highest BCUT2D eigenvalue weighted by Gasteiger charge is 2.00. The molecule has 0 aromatic heterocycles. The molecule has 0 spiro atoms. The van der Waals surface area contributed by atoms with Crippen molar-refractivity contribution in [2.45, 2.75) is 6.92 Å². The van der Waals surface area contributed by atoms with E-state index in [1.54, 1.807) is 0 Å². The third-order valence-electron chi connectivity index (χ3n) is 1.35. The summed E-state index contributed by atoms with van der Waals surface area (Å²) in [7, 11) is 0. The fourth-order valence-corrected chi connectivity index (χ4v) is 1.77. The molecule has 11 heavy (non-hydrogen) atoms. The summed E-state index contributed by atoms with van der Waals surface area (Å²) in [6.45, 7) is 0.910. The average Bonchev–Trinajstić information content (AvgIpc) is 1.93. The Hall–Kier alpha value is 0.0300. The van der Waals surface area contributed by atoms with Gasteiger partial charge in [-0.15, -0.1) is 0 Å². The van der Waals surface area contributed by atoms with E-state index >= 15 is 0 Å². The molecule has 4 heteroatoms. The Labute approximate surface area is 77.1 Å². The smallest absolute Gasteiger partial charge is 0.184 e. The van der Waals surface area contributed by atoms with Crippen molar-refractivity contribution < 1.29 is 0 Å². The van der Waals surface area contributed by atoms with E-state index in [1.165, 1.54) is 0 Å². The van der Waals surface area contributed by atoms with Gasteiger partial charge in [0.25, 0.3) is 0 Å². The summed E-state index contributed by atoms with van der Waals surface area (Å²) >= 11 is 11.2. The van der Waals surface area contributed by atoms with Crippen molar-refractivity contribution in [1.82, 2.24) is 0 Å². The van der Waals surface area contributed by atoms with E-state index in [0.29, 0.717) is 0 Å². The molecule has 0 radical (unpaired) electrons. The average molecular weight is 208 g/mol. The summed E-state index contributed by atoms with van der Waals surface area (Å²) in [5.74, 6) is 0. The first kappa shape index (κ1) is 9.12. The van der Waals surface area contributed by atoms with Crippen LogP contribution in [-0.2, 0) is 0 Å². The Morgan fingerprint density at radius 2 is 1.91 bits per heavy atom. The second-order valence-electron chi connectivity index (χ2n) is 2.16. The lowest BCUT2D eigenvalue weighted by molar-refractivity contribution is 1.47. The lowest BCUT2D eigenvalue weighted by Crippen LogP contribution is -1.86. The maximum absolute atomic E-state index is 5.60. The van der Waals surface area contributed by atoms with Gasteiger partial charge in [0, 0.05) is 5.69 Å². The minimum atomic E-state index is -1.10. The minimum absolute atomic E-state index is 1.00. The number of halogens is 2. The number of aryl methyl sites for hydroxylation is 1. The van der Waals surface area contributed by atoms with Crippen molar-refractivity contribution in [3.8, 4) is 0 Å². The first-order chi connectivity index (χ1) is 5.20. The lowest BCUT2D eigenvalue weighted by atomic mass is 10.2. The Kier molecular flexibility index (Phi) is 3.45. The Balaban J connectivity index is 2.78. The fraction of sp³-hybridized carbons (Fsp3) is 0.143. The lowest BCUT2D eigenvalue weighted by Gasteiger charge is -2.07. The van der Waals surface area contributed by atoms with Gasteiger partial charge in [0.15, 0.2) is 6.78 Å². The van der Waals surface area contributed by atoms with Gasteiger partial charge in [-0.1, -0.05) is 40.7 Å². The third kappa shape index (κ3) is 2.86. The van der Waals surface area contributed by atoms with E-state index in [-0.39, 0.29) is 0 Å². The SMILES string of the molecule is Cc1ccccc1NP(Cl)Cl. The Morgan fingerprint density at radius 3 is 2.45 bits per heavy atom. The van der Waals surface area contributed by atoms with Crippen LogP contribution in [0.25, 0.3) is 0 Å². The predicted molar refractivity (Wildman–Crippen MR) is 53.4 cm³/mol. The molecular formula is C7H8Cl2NP. The highest BCUT2D eigenvalue weighted by molar-refractivity contribution is 8.04. The van der Waals surface area contributed by atoms with Gasteiger partial charge in [0.2, 0.25) is 0 Å². The van der Waals surface area contributed by atoms with Gasteiger partial charge in [0.1, 0.15) is 0 Å². The zero-order valence-electron chi connectivity index (χ0n) is 6.01. The van der Waals surface area contributed by atoms with Crippen molar-refractivity contribution in [2.24, 2.45) is 0 Å². The summed E-state index contributed by atoms with van der Waals surface area (Å²) in [5.41, 5.74) is 2.16. The summed E-state index contributed by atoms with van der Waals surface area (Å²) in [6.07, 6.45) is 0. The molecule has 0 aliphatic heterocycles. The fourth-order valence-electron chi connectivity index (χ4n) is 0.789. The van der Waals surface area contributed by atoms with E-state index in [2.05, 4.69) is 5.09 Å². The Bertz CT molecular complexity index is 240. The van der Waals surface area contributed by atoms with Crippen LogP contribution in [0.1, 0.15) is 5.56 Å². The van der Waals surface area contributed by atoms with Gasteiger partial charge in [-0.05, 0) is 18.6 Å². The first-order valence-electron chi connectivity index (χ1n) is 3.14. The highest BCUT2D eigenvalue weighted by Crippen LogP contribution is 2.46. The molecule has 0 atom stereocenters. The molecule has 0 aliphatic rings. The van der Waals surface area contributed by atoms with Gasteiger partial charge >= 0.3 is 0 Å². The van der Waals surface area contributed by atoms with E-state index in [0.717, 1.165) is 11.3 Å². The number of benzene rings is 1. The topological polar surface area (TPSA) is 12.0 Å². The summed E-state index contributed by atoms with van der Waals surface area (Å²) in [6, 6.07) is 7.89. The molecule has 0 bridgehead atoms. The van der Waals surface area contributed by atoms with Crippen molar-refractivity contribution >= 4 is 34.9 Å². The quantitative estimate of drug-likeness (QED) is 0.721. The van der Waals surface area contributed by atoms with Crippen LogP contribution in [0.15, 0.2) is 24.3 Å². The number of hydrogen-bond donors (Lipinski definition) is 1. The number of anilines is 1. The summed E-state index contributed by atoms with van der Waals surface area (Å²) < 4.78 is 0. The summed E-state index contributed by atoms with van der Waals surface area (Å²) in [4.78, 5) is 0. The van der Waals surface area contributed by atoms with Crippen LogP contribution in [0.2, 0.25) is 0 Å². The molecule has 1 rings (SSSR count). The molecule has 0 unspecified atom stereocenters. The minimum Gasteiger partial charge on any atom is -0.340 e. The second-order valence-corrected chi connectivity index (χ2v) is 5.40. The molecule has 1 N–H and O–H groups in total. The van der Waals surface area contributed by atoms with Crippen LogP contribution < -0.4 is 5.09 Å². The van der Waals surface area contributed by atoms with Crippen molar-refractivity contribution in [3.63, 3.8) is 0 Å². The molecule has 0 fully saturated rings. The molecule has 1 aromatic rings. The van der Waals surface area contributed by atoms with E-state index in [4.69, 9.17) is 22.5 Å². The van der Waals surface area contributed by atoms with Crippen molar-refractivity contribution in [1.29, 1.82) is 0 Å². The van der Waals surface area contributed by atoms with Gasteiger partial charge in [-0.3, -0.25) is 0 Å².